The van der Waals surface area contributed by atoms with Crippen molar-refractivity contribution in [2.24, 2.45) is 17.8 Å². The normalized spacial score (nSPS) is 34.4. The highest BCUT2D eigenvalue weighted by Crippen LogP contribution is 2.40. The van der Waals surface area contributed by atoms with Gasteiger partial charge in [-0.25, -0.2) is 0 Å². The molecule has 2 fully saturated rings. The van der Waals surface area contributed by atoms with Gasteiger partial charge in [0, 0.05) is 12.1 Å². The summed E-state index contributed by atoms with van der Waals surface area (Å²) in [5, 5.41) is 0. The van der Waals surface area contributed by atoms with Gasteiger partial charge in [0.25, 0.3) is 0 Å². The van der Waals surface area contributed by atoms with Gasteiger partial charge in [-0.05, 0) is 75.5 Å². The number of hydrogen-bond donors (Lipinski definition) is 0. The summed E-state index contributed by atoms with van der Waals surface area (Å²) in [4.78, 5) is 0. The van der Waals surface area contributed by atoms with E-state index in [1.54, 1.807) is 5.54 Å². The maximum Gasteiger partial charge on any atom is 0.0575 e. The van der Waals surface area contributed by atoms with Crippen LogP contribution in [0.2, 0.25) is 0 Å². The van der Waals surface area contributed by atoms with Gasteiger partial charge in [-0.2, -0.15) is 0 Å². The lowest BCUT2D eigenvalue weighted by Gasteiger charge is -2.37. The van der Waals surface area contributed by atoms with Crippen LogP contribution in [0, 0.1) is 17.8 Å². The summed E-state index contributed by atoms with van der Waals surface area (Å²) in [6.45, 7) is 3.24. The molecule has 2 rings (SSSR count). The Morgan fingerprint density at radius 1 is 0.905 bits per heavy atom. The fourth-order valence-electron chi connectivity index (χ4n) is 4.24. The number of ether oxygens (including phenoxy) is 1. The summed E-state index contributed by atoms with van der Waals surface area (Å²) >= 11 is 5.70. The molecule has 0 unspecified atom stereocenters. The van der Waals surface area contributed by atoms with Crippen LogP contribution in [0.1, 0.15) is 77.6 Å². The average Bonchev–Trinajstić information content (AvgIpc) is 2.53. The van der Waals surface area contributed by atoms with Crippen molar-refractivity contribution in [1.29, 1.82) is 0 Å². The average molecular weight is 313 g/mol. The molecule has 1 nitrogen and oxygen atoms in total. The van der Waals surface area contributed by atoms with Crippen LogP contribution in [0.3, 0.4) is 0 Å². The zero-order chi connectivity index (χ0) is 14.9. The maximum atomic E-state index is 6.05. The fraction of sp³-hybridized carbons (Fsp3) is 0.895. The van der Waals surface area contributed by atoms with Crippen molar-refractivity contribution in [1.82, 2.24) is 0 Å². The van der Waals surface area contributed by atoms with Crippen molar-refractivity contribution < 1.29 is 4.74 Å². The Bertz CT molecular complexity index is 286. The molecule has 2 aliphatic rings. The molecule has 0 radical (unpaired) electrons. The van der Waals surface area contributed by atoms with Crippen LogP contribution >= 0.6 is 11.6 Å². The van der Waals surface area contributed by atoms with Crippen LogP contribution in [0.5, 0.6) is 0 Å². The number of unbranched alkanes of at least 4 members (excludes halogenated alkanes) is 2. The van der Waals surface area contributed by atoms with Crippen molar-refractivity contribution in [2.75, 3.05) is 6.61 Å². The quantitative estimate of drug-likeness (QED) is 0.500. The van der Waals surface area contributed by atoms with E-state index in [0.29, 0.717) is 6.10 Å². The predicted octanol–water partition coefficient (Wildman–Crippen LogP) is 6.31. The van der Waals surface area contributed by atoms with Crippen molar-refractivity contribution in [3.05, 3.63) is 11.6 Å². The molecular formula is C19H33ClO. The molecule has 2 aliphatic carbocycles. The molecule has 0 heterocycles. The third-order valence-corrected chi connectivity index (χ3v) is 5.79. The second-order valence-electron chi connectivity index (χ2n) is 7.11. The summed E-state index contributed by atoms with van der Waals surface area (Å²) in [5.41, 5.74) is 1.71. The molecule has 0 aliphatic heterocycles. The van der Waals surface area contributed by atoms with Gasteiger partial charge in [0.1, 0.15) is 0 Å². The minimum absolute atomic E-state index is 0.564. The maximum absolute atomic E-state index is 6.05. The molecule has 21 heavy (non-hydrogen) atoms. The van der Waals surface area contributed by atoms with Crippen molar-refractivity contribution in [3.8, 4) is 0 Å². The zero-order valence-corrected chi connectivity index (χ0v) is 14.5. The van der Waals surface area contributed by atoms with Gasteiger partial charge < -0.3 is 4.74 Å². The van der Waals surface area contributed by atoms with E-state index < -0.39 is 0 Å². The lowest BCUT2D eigenvalue weighted by Crippen LogP contribution is -2.28. The minimum atomic E-state index is 0.564. The van der Waals surface area contributed by atoms with Crippen LogP contribution in [0.15, 0.2) is 11.6 Å². The molecule has 122 valence electrons. The highest BCUT2D eigenvalue weighted by Gasteiger charge is 2.30. The van der Waals surface area contributed by atoms with Crippen molar-refractivity contribution in [3.63, 3.8) is 0 Å². The van der Waals surface area contributed by atoms with E-state index in [4.69, 9.17) is 16.3 Å². The van der Waals surface area contributed by atoms with Crippen LogP contribution < -0.4 is 0 Å². The van der Waals surface area contributed by atoms with E-state index in [1.807, 2.05) is 0 Å². The molecule has 0 spiro atoms. The van der Waals surface area contributed by atoms with Gasteiger partial charge in [-0.15, -0.1) is 0 Å². The molecule has 2 heteroatoms. The van der Waals surface area contributed by atoms with Crippen LogP contribution in [-0.2, 0) is 4.74 Å². The Kier molecular flexibility index (Phi) is 8.17. The molecule has 0 atom stereocenters. The number of halogens is 1. The highest BCUT2D eigenvalue weighted by molar-refractivity contribution is 6.25. The van der Waals surface area contributed by atoms with Gasteiger partial charge >= 0.3 is 0 Å². The summed E-state index contributed by atoms with van der Waals surface area (Å²) in [5.74, 6) is 2.70. The smallest absolute Gasteiger partial charge is 0.0575 e. The first-order valence-electron chi connectivity index (χ1n) is 9.22. The topological polar surface area (TPSA) is 9.23 Å². The van der Waals surface area contributed by atoms with E-state index in [-0.39, 0.29) is 0 Å². The first kappa shape index (κ1) is 17.3. The van der Waals surface area contributed by atoms with E-state index in [9.17, 15) is 0 Å². The lowest BCUT2D eigenvalue weighted by molar-refractivity contribution is 0.00607. The third-order valence-electron chi connectivity index (χ3n) is 5.65. The van der Waals surface area contributed by atoms with Gasteiger partial charge in [0.2, 0.25) is 0 Å². The molecule has 0 N–H and O–H groups in total. The molecule has 0 bridgehead atoms. The Morgan fingerprint density at radius 3 is 2.10 bits per heavy atom. The molecule has 0 aromatic carbocycles. The largest absolute Gasteiger partial charge is 0.378 e. The Hall–Kier alpha value is -0.0100. The fourth-order valence-corrected chi connectivity index (χ4v) is 4.45. The molecule has 2 saturated carbocycles. The summed E-state index contributed by atoms with van der Waals surface area (Å²) in [7, 11) is 0. The first-order valence-corrected chi connectivity index (χ1v) is 9.65. The SMILES string of the molecule is CCCCCOC1CCC(C2CCC(C=CCl)CC2)CC1. The van der Waals surface area contributed by atoms with Gasteiger partial charge in [0.15, 0.2) is 0 Å². The van der Waals surface area contributed by atoms with E-state index in [1.165, 1.54) is 70.6 Å². The van der Waals surface area contributed by atoms with E-state index >= 15 is 0 Å². The van der Waals surface area contributed by atoms with Crippen LogP contribution in [0.25, 0.3) is 0 Å². The first-order chi connectivity index (χ1) is 10.3. The number of allylic oxidation sites excluding steroid dienone is 1. The molecular weight excluding hydrogens is 280 g/mol. The highest BCUT2D eigenvalue weighted by atomic mass is 35.5. The Balaban J connectivity index is 1.61. The van der Waals surface area contributed by atoms with E-state index in [2.05, 4.69) is 13.0 Å². The van der Waals surface area contributed by atoms with E-state index in [0.717, 1.165) is 24.4 Å². The van der Waals surface area contributed by atoms with Crippen LogP contribution in [-0.4, -0.2) is 12.7 Å². The summed E-state index contributed by atoms with van der Waals surface area (Å²) < 4.78 is 6.05. The number of hydrogen-bond acceptors (Lipinski definition) is 1. The Labute approximate surface area is 136 Å². The second-order valence-corrected chi connectivity index (χ2v) is 7.36. The predicted molar refractivity (Wildman–Crippen MR) is 91.7 cm³/mol. The standard InChI is InChI=1S/C19H33ClO/c1-2-3-4-15-21-19-11-9-18(10-12-19)17-7-5-16(6-8-17)13-14-20/h13-14,16-19H,2-12,15H2,1H3. The van der Waals surface area contributed by atoms with Gasteiger partial charge in [0.05, 0.1) is 6.10 Å². The zero-order valence-electron chi connectivity index (χ0n) is 13.7. The monoisotopic (exact) mass is 312 g/mol. The molecule has 0 aromatic heterocycles. The molecule has 0 amide bonds. The second kappa shape index (κ2) is 9.90. The van der Waals surface area contributed by atoms with Gasteiger partial charge in [-0.1, -0.05) is 37.4 Å². The minimum Gasteiger partial charge on any atom is -0.378 e. The summed E-state index contributed by atoms with van der Waals surface area (Å²) in [6.07, 6.45) is 17.5. The molecule has 0 saturated heterocycles. The summed E-state index contributed by atoms with van der Waals surface area (Å²) in [6, 6.07) is 0. The van der Waals surface area contributed by atoms with Gasteiger partial charge in [-0.3, -0.25) is 0 Å². The van der Waals surface area contributed by atoms with Crippen LogP contribution in [0.4, 0.5) is 0 Å². The van der Waals surface area contributed by atoms with Crippen molar-refractivity contribution >= 4 is 11.6 Å². The van der Waals surface area contributed by atoms with Crippen molar-refractivity contribution in [2.45, 2.75) is 83.7 Å². The molecule has 0 aromatic rings. The third kappa shape index (κ3) is 5.94. The number of rotatable bonds is 7. The Morgan fingerprint density at radius 2 is 1.52 bits per heavy atom. The lowest BCUT2D eigenvalue weighted by atomic mass is 9.70.